The molecule has 0 spiro atoms. The largest absolute Gasteiger partial charge is 0.301 e. The first kappa shape index (κ1) is 12.3. The summed E-state index contributed by atoms with van der Waals surface area (Å²) < 4.78 is 0. The van der Waals surface area contributed by atoms with E-state index in [2.05, 4.69) is 11.1 Å². The lowest BCUT2D eigenvalue weighted by molar-refractivity contribution is -0.106. The normalized spacial score (nSPS) is 22.6. The van der Waals surface area contributed by atoms with Gasteiger partial charge in [0, 0.05) is 16.7 Å². The first-order chi connectivity index (χ1) is 8.33. The molecule has 0 saturated heterocycles. The van der Waals surface area contributed by atoms with Gasteiger partial charge in [0.1, 0.15) is 6.29 Å². The van der Waals surface area contributed by atoms with Crippen molar-refractivity contribution in [3.63, 3.8) is 0 Å². The van der Waals surface area contributed by atoms with Crippen molar-refractivity contribution >= 4 is 23.6 Å². The third-order valence-electron chi connectivity index (χ3n) is 3.23. The van der Waals surface area contributed by atoms with E-state index in [9.17, 15) is 4.79 Å². The number of hydrogen-bond donors (Lipinski definition) is 0. The molecule has 0 radical (unpaired) electrons. The second-order valence-corrected chi connectivity index (χ2v) is 4.73. The van der Waals surface area contributed by atoms with Gasteiger partial charge in [-0.2, -0.15) is 0 Å². The molecule has 1 unspecified atom stereocenters. The summed E-state index contributed by atoms with van der Waals surface area (Å²) in [5.74, 6) is 0.303. The molecule has 0 N–H and O–H groups in total. The molecule has 2 nitrogen and oxygen atoms in total. The minimum absolute atomic E-state index is 0.274. The maximum Gasteiger partial charge on any atom is 0.141 e. The number of aliphatic imine (C=N–C) groups is 1. The first-order valence-corrected chi connectivity index (χ1v) is 6.42. The summed E-state index contributed by atoms with van der Waals surface area (Å²) in [4.78, 5) is 14.8. The summed E-state index contributed by atoms with van der Waals surface area (Å²) in [7, 11) is 0. The molecule has 1 aromatic carbocycles. The number of halogens is 1. The van der Waals surface area contributed by atoms with E-state index in [0.29, 0.717) is 5.92 Å². The van der Waals surface area contributed by atoms with Crippen LogP contribution < -0.4 is 0 Å². The fourth-order valence-corrected chi connectivity index (χ4v) is 2.70. The van der Waals surface area contributed by atoms with Gasteiger partial charge in [-0.3, -0.25) is 4.99 Å². The van der Waals surface area contributed by atoms with Gasteiger partial charge in [0.2, 0.25) is 0 Å². The fourth-order valence-electron chi connectivity index (χ4n) is 2.43. The molecule has 1 saturated carbocycles. The van der Waals surface area contributed by atoms with Gasteiger partial charge < -0.3 is 4.79 Å². The number of rotatable bonds is 3. The lowest BCUT2D eigenvalue weighted by Gasteiger charge is -2.25. The highest BCUT2D eigenvalue weighted by molar-refractivity contribution is 6.31. The lowest BCUT2D eigenvalue weighted by Crippen LogP contribution is -2.18. The Balaban J connectivity index is 2.28. The number of carbonyl (C=O) groups is 1. The molecule has 0 aromatic heterocycles. The van der Waals surface area contributed by atoms with Crippen LogP contribution in [0.15, 0.2) is 29.3 Å². The molecule has 17 heavy (non-hydrogen) atoms. The Kier molecular flexibility index (Phi) is 4.32. The number of hydrogen-bond acceptors (Lipinski definition) is 2. The average Bonchev–Trinajstić information content (AvgIpc) is 2.37. The maximum absolute atomic E-state index is 10.4. The molecule has 1 aliphatic carbocycles. The standard InChI is InChI=1S/C14H16ClNO/c15-13-7-3-1-5-11(13)12-6-2-4-8-14(12)16-9-10-17/h1,3,5,7,10,12H,2,4,6,8-9H2. The predicted octanol–water partition coefficient (Wildman–Crippen LogP) is 3.64. The molecule has 2 rings (SSSR count). The predicted molar refractivity (Wildman–Crippen MR) is 71.0 cm³/mol. The topological polar surface area (TPSA) is 29.4 Å². The van der Waals surface area contributed by atoms with E-state index in [1.807, 2.05) is 18.2 Å². The van der Waals surface area contributed by atoms with E-state index in [1.165, 1.54) is 12.8 Å². The number of carbonyl (C=O) groups excluding carboxylic acids is 1. The molecule has 0 bridgehead atoms. The maximum atomic E-state index is 10.4. The third kappa shape index (κ3) is 2.95. The van der Waals surface area contributed by atoms with Gasteiger partial charge >= 0.3 is 0 Å². The van der Waals surface area contributed by atoms with Crippen molar-refractivity contribution in [2.75, 3.05) is 6.54 Å². The van der Waals surface area contributed by atoms with Gasteiger partial charge in [-0.05, 0) is 30.9 Å². The van der Waals surface area contributed by atoms with E-state index in [-0.39, 0.29) is 6.54 Å². The minimum Gasteiger partial charge on any atom is -0.301 e. The van der Waals surface area contributed by atoms with Gasteiger partial charge in [0.25, 0.3) is 0 Å². The van der Waals surface area contributed by atoms with Crippen molar-refractivity contribution in [3.05, 3.63) is 34.9 Å². The van der Waals surface area contributed by atoms with Gasteiger partial charge in [0.05, 0.1) is 6.54 Å². The molecular weight excluding hydrogens is 234 g/mol. The van der Waals surface area contributed by atoms with E-state index in [0.717, 1.165) is 35.4 Å². The van der Waals surface area contributed by atoms with Crippen LogP contribution in [0, 0.1) is 0 Å². The molecule has 0 amide bonds. The zero-order valence-electron chi connectivity index (χ0n) is 9.73. The van der Waals surface area contributed by atoms with Crippen molar-refractivity contribution in [2.45, 2.75) is 31.6 Å². The van der Waals surface area contributed by atoms with Crippen LogP contribution in [0.5, 0.6) is 0 Å². The van der Waals surface area contributed by atoms with Crippen molar-refractivity contribution in [1.82, 2.24) is 0 Å². The molecule has 0 aliphatic heterocycles. The number of benzene rings is 1. The van der Waals surface area contributed by atoms with E-state index in [4.69, 9.17) is 11.6 Å². The summed E-state index contributed by atoms with van der Waals surface area (Å²) in [6, 6.07) is 7.93. The quantitative estimate of drug-likeness (QED) is 0.752. The van der Waals surface area contributed by atoms with Crippen LogP contribution in [-0.2, 0) is 4.79 Å². The van der Waals surface area contributed by atoms with Crippen LogP contribution in [-0.4, -0.2) is 18.5 Å². The fraction of sp³-hybridized carbons (Fsp3) is 0.429. The highest BCUT2D eigenvalue weighted by Gasteiger charge is 2.23. The van der Waals surface area contributed by atoms with Crippen LogP contribution >= 0.6 is 11.6 Å². The van der Waals surface area contributed by atoms with E-state index < -0.39 is 0 Å². The van der Waals surface area contributed by atoms with Crippen molar-refractivity contribution in [2.24, 2.45) is 4.99 Å². The van der Waals surface area contributed by atoms with Crippen LogP contribution in [0.4, 0.5) is 0 Å². The highest BCUT2D eigenvalue weighted by Crippen LogP contribution is 2.34. The molecule has 1 aliphatic rings. The Bertz CT molecular complexity index is 428. The van der Waals surface area contributed by atoms with E-state index in [1.54, 1.807) is 0 Å². The Morgan fingerprint density at radius 2 is 2.18 bits per heavy atom. The second kappa shape index (κ2) is 5.97. The van der Waals surface area contributed by atoms with Crippen LogP contribution in [0.1, 0.15) is 37.2 Å². The molecule has 1 fully saturated rings. The van der Waals surface area contributed by atoms with E-state index >= 15 is 0 Å². The third-order valence-corrected chi connectivity index (χ3v) is 3.57. The Labute approximate surface area is 107 Å². The molecule has 1 aromatic rings. The van der Waals surface area contributed by atoms with Crippen LogP contribution in [0.3, 0.4) is 0 Å². The summed E-state index contributed by atoms with van der Waals surface area (Å²) in [5, 5.41) is 0.804. The first-order valence-electron chi connectivity index (χ1n) is 6.04. The highest BCUT2D eigenvalue weighted by atomic mass is 35.5. The van der Waals surface area contributed by atoms with Gasteiger partial charge in [-0.25, -0.2) is 0 Å². The van der Waals surface area contributed by atoms with Crippen molar-refractivity contribution in [1.29, 1.82) is 0 Å². The Morgan fingerprint density at radius 3 is 2.94 bits per heavy atom. The van der Waals surface area contributed by atoms with Gasteiger partial charge in [0.15, 0.2) is 0 Å². The zero-order valence-corrected chi connectivity index (χ0v) is 10.5. The van der Waals surface area contributed by atoms with Gasteiger partial charge in [-0.15, -0.1) is 0 Å². The van der Waals surface area contributed by atoms with Crippen molar-refractivity contribution < 1.29 is 4.79 Å². The Hall–Kier alpha value is -1.15. The minimum atomic E-state index is 0.274. The van der Waals surface area contributed by atoms with Gasteiger partial charge in [-0.1, -0.05) is 36.2 Å². The monoisotopic (exact) mass is 249 g/mol. The lowest BCUT2D eigenvalue weighted by atomic mass is 9.82. The molecule has 0 heterocycles. The average molecular weight is 250 g/mol. The van der Waals surface area contributed by atoms with Crippen LogP contribution in [0.25, 0.3) is 0 Å². The zero-order chi connectivity index (χ0) is 12.1. The molecule has 1 atom stereocenters. The summed E-state index contributed by atoms with van der Waals surface area (Å²) >= 11 is 6.23. The second-order valence-electron chi connectivity index (χ2n) is 4.32. The number of aldehydes is 1. The molecule has 3 heteroatoms. The Morgan fingerprint density at radius 1 is 1.35 bits per heavy atom. The summed E-state index contributed by atoms with van der Waals surface area (Å²) in [6.07, 6.45) is 5.30. The SMILES string of the molecule is O=CCN=C1CCCCC1c1ccccc1Cl. The molecule has 90 valence electrons. The summed E-state index contributed by atoms with van der Waals surface area (Å²) in [5.41, 5.74) is 2.29. The number of nitrogens with zero attached hydrogens (tertiary/aromatic N) is 1. The molecular formula is C14H16ClNO. The summed E-state index contributed by atoms with van der Waals surface area (Å²) in [6.45, 7) is 0.274. The van der Waals surface area contributed by atoms with Crippen molar-refractivity contribution in [3.8, 4) is 0 Å². The smallest absolute Gasteiger partial charge is 0.141 e. The van der Waals surface area contributed by atoms with Crippen LogP contribution in [0.2, 0.25) is 5.02 Å².